The largest absolute Gasteiger partial charge is 0.378 e. The Morgan fingerprint density at radius 1 is 1.12 bits per heavy atom. The molecule has 2 saturated heterocycles. The average molecular weight is 345 g/mol. The van der Waals surface area contributed by atoms with E-state index in [1.54, 1.807) is 29.2 Å². The lowest BCUT2D eigenvalue weighted by Crippen LogP contribution is -2.40. The molecule has 0 bridgehead atoms. The SMILES string of the molecule is O=C(CCC1CCNCC1)Nc1ccc(C(=O)N2CCOCC2)cc1. The van der Waals surface area contributed by atoms with E-state index < -0.39 is 0 Å². The van der Waals surface area contributed by atoms with Gasteiger partial charge in [-0.15, -0.1) is 0 Å². The Labute approximate surface area is 148 Å². The molecule has 3 rings (SSSR count). The standard InChI is InChI=1S/C19H27N3O3/c23-18(6-1-15-7-9-20-10-8-15)21-17-4-2-16(3-5-17)19(24)22-11-13-25-14-12-22/h2-5,15,20H,1,6-14H2,(H,21,23). The highest BCUT2D eigenvalue weighted by Crippen LogP contribution is 2.18. The summed E-state index contributed by atoms with van der Waals surface area (Å²) in [5, 5.41) is 6.27. The third-order valence-electron chi connectivity index (χ3n) is 4.95. The van der Waals surface area contributed by atoms with E-state index in [1.807, 2.05) is 0 Å². The van der Waals surface area contributed by atoms with Crippen molar-refractivity contribution in [1.82, 2.24) is 10.2 Å². The van der Waals surface area contributed by atoms with Gasteiger partial charge < -0.3 is 20.3 Å². The zero-order chi connectivity index (χ0) is 17.5. The molecule has 0 radical (unpaired) electrons. The summed E-state index contributed by atoms with van der Waals surface area (Å²) >= 11 is 0. The van der Waals surface area contributed by atoms with Gasteiger partial charge in [-0.05, 0) is 62.5 Å². The lowest BCUT2D eigenvalue weighted by Gasteiger charge is -2.26. The number of amides is 2. The fraction of sp³-hybridized carbons (Fsp3) is 0.579. The summed E-state index contributed by atoms with van der Waals surface area (Å²) in [6, 6.07) is 7.16. The molecule has 6 nitrogen and oxygen atoms in total. The Hall–Kier alpha value is -1.92. The van der Waals surface area contributed by atoms with E-state index in [2.05, 4.69) is 10.6 Å². The Balaban J connectivity index is 1.46. The molecule has 2 N–H and O–H groups in total. The molecule has 0 aromatic heterocycles. The molecule has 2 aliphatic heterocycles. The number of nitrogens with zero attached hydrogens (tertiary/aromatic N) is 1. The zero-order valence-electron chi connectivity index (χ0n) is 14.6. The van der Waals surface area contributed by atoms with Crippen LogP contribution in [0.1, 0.15) is 36.0 Å². The molecule has 2 heterocycles. The molecule has 136 valence electrons. The predicted molar refractivity (Wildman–Crippen MR) is 96.6 cm³/mol. The first-order valence-electron chi connectivity index (χ1n) is 9.20. The highest BCUT2D eigenvalue weighted by atomic mass is 16.5. The maximum atomic E-state index is 12.4. The first-order chi connectivity index (χ1) is 12.2. The topological polar surface area (TPSA) is 70.7 Å². The van der Waals surface area contributed by atoms with E-state index in [0.717, 1.165) is 38.0 Å². The van der Waals surface area contributed by atoms with Gasteiger partial charge in [-0.3, -0.25) is 9.59 Å². The van der Waals surface area contributed by atoms with Crippen molar-refractivity contribution in [2.24, 2.45) is 5.92 Å². The van der Waals surface area contributed by atoms with E-state index in [4.69, 9.17) is 4.74 Å². The number of rotatable bonds is 5. The zero-order valence-corrected chi connectivity index (χ0v) is 14.6. The van der Waals surface area contributed by atoms with Crippen LogP contribution in [0, 0.1) is 5.92 Å². The first kappa shape index (κ1) is 17.9. The number of morpholine rings is 1. The number of carbonyl (C=O) groups is 2. The molecule has 2 aliphatic rings. The molecule has 6 heteroatoms. The molecule has 2 fully saturated rings. The number of carbonyl (C=O) groups excluding carboxylic acids is 2. The number of ether oxygens (including phenoxy) is 1. The lowest BCUT2D eigenvalue weighted by atomic mass is 9.93. The van der Waals surface area contributed by atoms with Gasteiger partial charge in [0, 0.05) is 30.8 Å². The maximum absolute atomic E-state index is 12.4. The van der Waals surface area contributed by atoms with E-state index in [0.29, 0.717) is 44.2 Å². The monoisotopic (exact) mass is 345 g/mol. The fourth-order valence-corrected chi connectivity index (χ4v) is 3.37. The van der Waals surface area contributed by atoms with Crippen LogP contribution < -0.4 is 10.6 Å². The molecule has 0 aliphatic carbocycles. The van der Waals surface area contributed by atoms with Gasteiger partial charge in [-0.2, -0.15) is 0 Å². The number of anilines is 1. The number of benzene rings is 1. The van der Waals surface area contributed by atoms with Crippen molar-refractivity contribution in [3.63, 3.8) is 0 Å². The second-order valence-corrected chi connectivity index (χ2v) is 6.76. The quantitative estimate of drug-likeness (QED) is 0.855. The summed E-state index contributed by atoms with van der Waals surface area (Å²) in [7, 11) is 0. The van der Waals surface area contributed by atoms with Crippen LogP contribution in [0.25, 0.3) is 0 Å². The lowest BCUT2D eigenvalue weighted by molar-refractivity contribution is -0.116. The molecule has 1 aromatic carbocycles. The van der Waals surface area contributed by atoms with Crippen LogP contribution in [0.15, 0.2) is 24.3 Å². The van der Waals surface area contributed by atoms with Crippen LogP contribution in [0.2, 0.25) is 0 Å². The van der Waals surface area contributed by atoms with E-state index in [1.165, 1.54) is 0 Å². The molecule has 0 spiro atoms. The molecule has 0 saturated carbocycles. The average Bonchev–Trinajstić information content (AvgIpc) is 2.68. The summed E-state index contributed by atoms with van der Waals surface area (Å²) in [5.74, 6) is 0.721. The third kappa shape index (κ3) is 5.28. The molecule has 25 heavy (non-hydrogen) atoms. The van der Waals surface area contributed by atoms with Crippen molar-refractivity contribution in [3.8, 4) is 0 Å². The summed E-state index contributed by atoms with van der Waals surface area (Å²) in [5.41, 5.74) is 1.39. The normalized spacial score (nSPS) is 18.8. The summed E-state index contributed by atoms with van der Waals surface area (Å²) in [6.45, 7) is 4.58. The summed E-state index contributed by atoms with van der Waals surface area (Å²) < 4.78 is 5.27. The van der Waals surface area contributed by atoms with E-state index in [-0.39, 0.29) is 11.8 Å². The Kier molecular flexibility index (Phi) is 6.42. The van der Waals surface area contributed by atoms with Crippen molar-refractivity contribution < 1.29 is 14.3 Å². The molecular weight excluding hydrogens is 318 g/mol. The molecular formula is C19H27N3O3. The minimum absolute atomic E-state index is 0.0204. The smallest absolute Gasteiger partial charge is 0.254 e. The van der Waals surface area contributed by atoms with Gasteiger partial charge >= 0.3 is 0 Å². The Bertz CT molecular complexity index is 576. The van der Waals surface area contributed by atoms with Gasteiger partial charge in [0.05, 0.1) is 13.2 Å². The van der Waals surface area contributed by atoms with Crippen LogP contribution >= 0.6 is 0 Å². The van der Waals surface area contributed by atoms with Crippen LogP contribution in [0.5, 0.6) is 0 Å². The highest BCUT2D eigenvalue weighted by molar-refractivity contribution is 5.95. The highest BCUT2D eigenvalue weighted by Gasteiger charge is 2.18. The van der Waals surface area contributed by atoms with Gasteiger partial charge in [-0.25, -0.2) is 0 Å². The van der Waals surface area contributed by atoms with E-state index >= 15 is 0 Å². The fourth-order valence-electron chi connectivity index (χ4n) is 3.37. The molecule has 2 amide bonds. The van der Waals surface area contributed by atoms with Crippen molar-refractivity contribution in [3.05, 3.63) is 29.8 Å². The van der Waals surface area contributed by atoms with Crippen molar-refractivity contribution >= 4 is 17.5 Å². The number of piperidine rings is 1. The Morgan fingerprint density at radius 2 is 1.80 bits per heavy atom. The van der Waals surface area contributed by atoms with Gasteiger partial charge in [0.15, 0.2) is 0 Å². The van der Waals surface area contributed by atoms with Gasteiger partial charge in [0.2, 0.25) is 5.91 Å². The van der Waals surface area contributed by atoms with Crippen LogP contribution in [0.4, 0.5) is 5.69 Å². The second-order valence-electron chi connectivity index (χ2n) is 6.76. The number of nitrogens with one attached hydrogen (secondary N) is 2. The maximum Gasteiger partial charge on any atom is 0.254 e. The van der Waals surface area contributed by atoms with Crippen molar-refractivity contribution in [2.45, 2.75) is 25.7 Å². The van der Waals surface area contributed by atoms with Gasteiger partial charge in [0.25, 0.3) is 5.91 Å². The Morgan fingerprint density at radius 3 is 2.48 bits per heavy atom. The van der Waals surface area contributed by atoms with Gasteiger partial charge in [0.1, 0.15) is 0 Å². The van der Waals surface area contributed by atoms with Crippen LogP contribution in [-0.2, 0) is 9.53 Å². The molecule has 0 atom stereocenters. The minimum atomic E-state index is 0.0204. The van der Waals surface area contributed by atoms with Gasteiger partial charge in [-0.1, -0.05) is 0 Å². The third-order valence-corrected chi connectivity index (χ3v) is 4.95. The molecule has 0 unspecified atom stereocenters. The minimum Gasteiger partial charge on any atom is -0.378 e. The van der Waals surface area contributed by atoms with Crippen molar-refractivity contribution in [2.75, 3.05) is 44.7 Å². The molecule has 1 aromatic rings. The number of hydrogen-bond donors (Lipinski definition) is 2. The van der Waals surface area contributed by atoms with Crippen LogP contribution in [0.3, 0.4) is 0 Å². The second kappa shape index (κ2) is 8.97. The van der Waals surface area contributed by atoms with Crippen molar-refractivity contribution in [1.29, 1.82) is 0 Å². The number of hydrogen-bond acceptors (Lipinski definition) is 4. The first-order valence-corrected chi connectivity index (χ1v) is 9.20. The van der Waals surface area contributed by atoms with Crippen LogP contribution in [-0.4, -0.2) is 56.1 Å². The van der Waals surface area contributed by atoms with E-state index in [9.17, 15) is 9.59 Å². The summed E-state index contributed by atoms with van der Waals surface area (Å²) in [4.78, 5) is 26.3. The summed E-state index contributed by atoms with van der Waals surface area (Å²) in [6.07, 6.45) is 3.82. The predicted octanol–water partition coefficient (Wildman–Crippen LogP) is 1.88.